The maximum Gasteiger partial charge on any atom is 0.350 e. The summed E-state index contributed by atoms with van der Waals surface area (Å²) in [5.41, 5.74) is 3.91. The number of ether oxygens (including phenoxy) is 1. The molecule has 3 rings (SSSR count). The fourth-order valence-electron chi connectivity index (χ4n) is 3.15. The van der Waals surface area contributed by atoms with Crippen LogP contribution in [-0.4, -0.2) is 22.1 Å². The van der Waals surface area contributed by atoms with E-state index < -0.39 is 0 Å². The minimum Gasteiger partial charge on any atom is -0.462 e. The zero-order chi connectivity index (χ0) is 19.0. The number of fused-ring (bicyclic) bond motifs is 1. The molecule has 0 fully saturated rings. The number of thiazole rings is 1. The predicted octanol–water partition coefficient (Wildman–Crippen LogP) is 5.64. The fraction of sp³-hybridized carbons (Fsp3) is 0.400. The molecule has 0 saturated heterocycles. The standard InChI is InChI=1S/C20H23ClN2O2S/c1-6-25-20(24)18-12(4)22-19(26-18)14-8-13-9-15(7-11(2)3)23(5)17(13)16(21)10-14/h8-11H,6-7H2,1-5H3. The normalized spacial score (nSPS) is 11.5. The van der Waals surface area contributed by atoms with Gasteiger partial charge in [-0.15, -0.1) is 11.3 Å². The molecule has 0 bridgehead atoms. The van der Waals surface area contributed by atoms with Crippen LogP contribution in [0.25, 0.3) is 21.5 Å². The highest BCUT2D eigenvalue weighted by molar-refractivity contribution is 7.17. The van der Waals surface area contributed by atoms with E-state index in [9.17, 15) is 4.79 Å². The molecular formula is C20H23ClN2O2S. The van der Waals surface area contributed by atoms with E-state index in [4.69, 9.17) is 16.3 Å². The van der Waals surface area contributed by atoms with Crippen molar-refractivity contribution in [3.63, 3.8) is 0 Å². The minimum atomic E-state index is -0.320. The third-order valence-corrected chi connectivity index (χ3v) is 5.78. The van der Waals surface area contributed by atoms with Crippen molar-refractivity contribution in [2.45, 2.75) is 34.1 Å². The van der Waals surface area contributed by atoms with Crippen molar-refractivity contribution in [2.24, 2.45) is 13.0 Å². The van der Waals surface area contributed by atoms with Crippen LogP contribution in [0.3, 0.4) is 0 Å². The van der Waals surface area contributed by atoms with Gasteiger partial charge < -0.3 is 9.30 Å². The third-order valence-electron chi connectivity index (χ3n) is 4.30. The summed E-state index contributed by atoms with van der Waals surface area (Å²) in [5, 5.41) is 2.57. The first kappa shape index (κ1) is 18.9. The van der Waals surface area contributed by atoms with Crippen LogP contribution in [0.4, 0.5) is 0 Å². The second kappa shape index (κ2) is 7.41. The molecule has 0 amide bonds. The van der Waals surface area contributed by atoms with Gasteiger partial charge in [-0.05, 0) is 44.4 Å². The number of carbonyl (C=O) groups is 1. The summed E-state index contributed by atoms with van der Waals surface area (Å²) in [6, 6.07) is 6.21. The van der Waals surface area contributed by atoms with Gasteiger partial charge in [-0.25, -0.2) is 9.78 Å². The first-order valence-electron chi connectivity index (χ1n) is 8.74. The molecule has 0 atom stereocenters. The molecule has 2 heterocycles. The molecule has 6 heteroatoms. The quantitative estimate of drug-likeness (QED) is 0.529. The zero-order valence-electron chi connectivity index (χ0n) is 15.7. The van der Waals surface area contributed by atoms with Crippen LogP contribution in [0, 0.1) is 12.8 Å². The Hall–Kier alpha value is -1.85. The number of esters is 1. The topological polar surface area (TPSA) is 44.1 Å². The predicted molar refractivity (Wildman–Crippen MR) is 108 cm³/mol. The molecule has 0 aliphatic rings. The van der Waals surface area contributed by atoms with Gasteiger partial charge in [0.05, 0.1) is 22.8 Å². The van der Waals surface area contributed by atoms with Crippen molar-refractivity contribution in [3.8, 4) is 10.6 Å². The highest BCUT2D eigenvalue weighted by Gasteiger charge is 2.19. The molecule has 0 N–H and O–H groups in total. The van der Waals surface area contributed by atoms with Gasteiger partial charge in [0.2, 0.25) is 0 Å². The van der Waals surface area contributed by atoms with Crippen molar-refractivity contribution in [2.75, 3.05) is 6.61 Å². The maximum atomic E-state index is 12.1. The summed E-state index contributed by atoms with van der Waals surface area (Å²) in [7, 11) is 2.05. The number of aryl methyl sites for hydroxylation is 2. The molecule has 138 valence electrons. The first-order valence-corrected chi connectivity index (χ1v) is 9.94. The summed E-state index contributed by atoms with van der Waals surface area (Å²) in [6.45, 7) is 8.40. The van der Waals surface area contributed by atoms with Crippen LogP contribution in [0.2, 0.25) is 5.02 Å². The molecule has 2 aromatic heterocycles. The van der Waals surface area contributed by atoms with E-state index >= 15 is 0 Å². The van der Waals surface area contributed by atoms with Gasteiger partial charge in [-0.1, -0.05) is 25.4 Å². The van der Waals surface area contributed by atoms with Gasteiger partial charge in [0, 0.05) is 23.7 Å². The first-order chi connectivity index (χ1) is 12.3. The van der Waals surface area contributed by atoms with E-state index in [0.29, 0.717) is 28.1 Å². The molecule has 0 aliphatic carbocycles. The summed E-state index contributed by atoms with van der Waals surface area (Å²) >= 11 is 7.94. The second-order valence-electron chi connectivity index (χ2n) is 6.84. The monoisotopic (exact) mass is 390 g/mol. The highest BCUT2D eigenvalue weighted by atomic mass is 35.5. The van der Waals surface area contributed by atoms with Crippen molar-refractivity contribution in [3.05, 3.63) is 39.5 Å². The number of carbonyl (C=O) groups excluding carboxylic acids is 1. The second-order valence-corrected chi connectivity index (χ2v) is 8.25. The maximum absolute atomic E-state index is 12.1. The van der Waals surface area contributed by atoms with Gasteiger partial charge in [-0.2, -0.15) is 0 Å². The number of nitrogens with zero attached hydrogens (tertiary/aromatic N) is 2. The Morgan fingerprint density at radius 2 is 2.08 bits per heavy atom. The molecule has 0 spiro atoms. The Balaban J connectivity index is 2.07. The fourth-order valence-corrected chi connectivity index (χ4v) is 4.45. The number of hydrogen-bond donors (Lipinski definition) is 0. The van der Waals surface area contributed by atoms with Gasteiger partial charge in [0.1, 0.15) is 9.88 Å². The van der Waals surface area contributed by atoms with Gasteiger partial charge in [0.15, 0.2) is 0 Å². The van der Waals surface area contributed by atoms with Crippen LogP contribution >= 0.6 is 22.9 Å². The molecule has 4 nitrogen and oxygen atoms in total. The average molecular weight is 391 g/mol. The average Bonchev–Trinajstić information content (AvgIpc) is 3.08. The van der Waals surface area contributed by atoms with Crippen molar-refractivity contribution in [1.82, 2.24) is 9.55 Å². The Morgan fingerprint density at radius 3 is 2.73 bits per heavy atom. The lowest BCUT2D eigenvalue weighted by atomic mass is 10.1. The number of halogens is 1. The lowest BCUT2D eigenvalue weighted by Crippen LogP contribution is -2.03. The minimum absolute atomic E-state index is 0.320. The molecule has 0 radical (unpaired) electrons. The number of rotatable bonds is 5. The Morgan fingerprint density at radius 1 is 1.35 bits per heavy atom. The SMILES string of the molecule is CCOC(=O)c1sc(-c2cc(Cl)c3c(c2)cc(CC(C)C)n3C)nc1C. The van der Waals surface area contributed by atoms with E-state index in [-0.39, 0.29) is 5.97 Å². The van der Waals surface area contributed by atoms with Crippen LogP contribution in [0.15, 0.2) is 18.2 Å². The summed E-state index contributed by atoms with van der Waals surface area (Å²) in [5.74, 6) is 0.255. The van der Waals surface area contributed by atoms with Crippen LogP contribution in [0.5, 0.6) is 0 Å². The number of benzene rings is 1. The van der Waals surface area contributed by atoms with E-state index in [0.717, 1.165) is 27.9 Å². The Bertz CT molecular complexity index is 972. The van der Waals surface area contributed by atoms with Crippen LogP contribution in [-0.2, 0) is 18.2 Å². The molecular weight excluding hydrogens is 368 g/mol. The van der Waals surface area contributed by atoms with Crippen LogP contribution in [0.1, 0.15) is 41.8 Å². The third kappa shape index (κ3) is 3.51. The summed E-state index contributed by atoms with van der Waals surface area (Å²) in [4.78, 5) is 17.2. The smallest absolute Gasteiger partial charge is 0.350 e. The summed E-state index contributed by atoms with van der Waals surface area (Å²) < 4.78 is 7.28. The van der Waals surface area contributed by atoms with Crippen molar-refractivity contribution in [1.29, 1.82) is 0 Å². The van der Waals surface area contributed by atoms with Gasteiger partial charge in [-0.3, -0.25) is 0 Å². The van der Waals surface area contributed by atoms with Gasteiger partial charge in [0.25, 0.3) is 0 Å². The lowest BCUT2D eigenvalue weighted by molar-refractivity contribution is 0.0531. The van der Waals surface area contributed by atoms with E-state index in [1.807, 2.05) is 13.0 Å². The van der Waals surface area contributed by atoms with Gasteiger partial charge >= 0.3 is 5.97 Å². The summed E-state index contributed by atoms with van der Waals surface area (Å²) in [6.07, 6.45) is 1.00. The van der Waals surface area contributed by atoms with Crippen LogP contribution < -0.4 is 0 Å². The molecule has 3 aromatic rings. The molecule has 26 heavy (non-hydrogen) atoms. The number of hydrogen-bond acceptors (Lipinski definition) is 4. The molecule has 0 aliphatic heterocycles. The lowest BCUT2D eigenvalue weighted by Gasteiger charge is -2.07. The largest absolute Gasteiger partial charge is 0.462 e. The van der Waals surface area contributed by atoms with Crippen molar-refractivity contribution >= 4 is 39.8 Å². The van der Waals surface area contributed by atoms with E-state index in [1.54, 1.807) is 6.92 Å². The molecule has 0 saturated carbocycles. The molecule has 1 aromatic carbocycles. The zero-order valence-corrected chi connectivity index (χ0v) is 17.3. The Labute approximate surface area is 162 Å². The Kier molecular flexibility index (Phi) is 5.39. The van der Waals surface area contributed by atoms with E-state index in [2.05, 4.69) is 42.6 Å². The number of aromatic nitrogens is 2. The highest BCUT2D eigenvalue weighted by Crippen LogP contribution is 2.35. The van der Waals surface area contributed by atoms with Crippen molar-refractivity contribution < 1.29 is 9.53 Å². The molecule has 0 unspecified atom stereocenters. The van der Waals surface area contributed by atoms with E-state index in [1.165, 1.54) is 17.0 Å².